The van der Waals surface area contributed by atoms with Gasteiger partial charge in [0, 0.05) is 31.5 Å². The monoisotopic (exact) mass is 414 g/mol. The number of aromatic nitrogens is 4. The van der Waals surface area contributed by atoms with Crippen LogP contribution < -0.4 is 10.2 Å². The Hall–Kier alpha value is -2.19. The second-order valence-corrected chi connectivity index (χ2v) is 7.86. The molecule has 1 aliphatic carbocycles. The predicted octanol–water partition coefficient (Wildman–Crippen LogP) is 2.32. The van der Waals surface area contributed by atoms with Crippen molar-refractivity contribution in [2.24, 2.45) is 11.8 Å². The van der Waals surface area contributed by atoms with Crippen molar-refractivity contribution in [3.05, 3.63) is 46.8 Å². The normalized spacial score (nSPS) is 24.1. The highest BCUT2D eigenvalue weighted by Gasteiger charge is 2.52. The first-order valence-corrected chi connectivity index (χ1v) is 9.58. The van der Waals surface area contributed by atoms with Crippen molar-refractivity contribution in [2.75, 3.05) is 23.4 Å². The molecule has 1 saturated heterocycles. The molecular formula is C18H19BrN6O. The number of aliphatic hydroxyl groups is 1. The molecule has 8 heteroatoms. The van der Waals surface area contributed by atoms with Crippen molar-refractivity contribution in [3.8, 4) is 0 Å². The van der Waals surface area contributed by atoms with Gasteiger partial charge in [-0.25, -0.2) is 4.98 Å². The summed E-state index contributed by atoms with van der Waals surface area (Å²) >= 11 is 3.54. The van der Waals surface area contributed by atoms with Crippen molar-refractivity contribution in [1.82, 2.24) is 19.6 Å². The minimum atomic E-state index is 0.169. The highest BCUT2D eigenvalue weighted by atomic mass is 79.9. The summed E-state index contributed by atoms with van der Waals surface area (Å²) in [6.45, 7) is 1.79. The van der Waals surface area contributed by atoms with Crippen LogP contribution in [0.1, 0.15) is 12.0 Å². The fourth-order valence-electron chi connectivity index (χ4n) is 3.96. The summed E-state index contributed by atoms with van der Waals surface area (Å²) in [5.74, 6) is 3.07. The van der Waals surface area contributed by atoms with Gasteiger partial charge in [0.05, 0.1) is 23.3 Å². The highest BCUT2D eigenvalue weighted by Crippen LogP contribution is 2.50. The molecule has 26 heavy (non-hydrogen) atoms. The average molecular weight is 415 g/mol. The summed E-state index contributed by atoms with van der Waals surface area (Å²) in [5.41, 5.74) is 1.87. The molecule has 0 spiro atoms. The van der Waals surface area contributed by atoms with Crippen molar-refractivity contribution < 1.29 is 5.11 Å². The molecule has 7 nitrogen and oxygen atoms in total. The molecule has 0 aromatic carbocycles. The van der Waals surface area contributed by atoms with E-state index in [0.29, 0.717) is 18.4 Å². The lowest BCUT2D eigenvalue weighted by Crippen LogP contribution is -2.36. The molecule has 1 saturated carbocycles. The summed E-state index contributed by atoms with van der Waals surface area (Å²) in [4.78, 5) is 11.2. The zero-order valence-corrected chi connectivity index (χ0v) is 15.7. The number of pyridine rings is 1. The van der Waals surface area contributed by atoms with Gasteiger partial charge in [0.2, 0.25) is 0 Å². The van der Waals surface area contributed by atoms with E-state index in [1.807, 2.05) is 24.4 Å². The Balaban J connectivity index is 1.50. The minimum Gasteiger partial charge on any atom is -0.394 e. The van der Waals surface area contributed by atoms with Crippen LogP contribution >= 0.6 is 15.9 Å². The summed E-state index contributed by atoms with van der Waals surface area (Å²) < 4.78 is 2.66. The van der Waals surface area contributed by atoms with Gasteiger partial charge in [-0.1, -0.05) is 6.07 Å². The lowest BCUT2D eigenvalue weighted by atomic mass is 10.2. The molecule has 3 atom stereocenters. The third-order valence-corrected chi connectivity index (χ3v) is 5.96. The lowest BCUT2D eigenvalue weighted by molar-refractivity contribution is 0.255. The molecule has 0 bridgehead atoms. The predicted molar refractivity (Wildman–Crippen MR) is 102 cm³/mol. The van der Waals surface area contributed by atoms with E-state index in [0.717, 1.165) is 33.9 Å². The topological polar surface area (TPSA) is 78.6 Å². The number of halogens is 1. The second-order valence-electron chi connectivity index (χ2n) is 7.00. The fourth-order valence-corrected chi connectivity index (χ4v) is 4.31. The summed E-state index contributed by atoms with van der Waals surface area (Å²) in [7, 11) is 0. The summed E-state index contributed by atoms with van der Waals surface area (Å²) in [6.07, 6.45) is 6.60. The number of rotatable bonds is 5. The van der Waals surface area contributed by atoms with E-state index >= 15 is 0 Å². The molecule has 0 amide bonds. The van der Waals surface area contributed by atoms with E-state index < -0.39 is 0 Å². The lowest BCUT2D eigenvalue weighted by Gasteiger charge is -2.27. The van der Waals surface area contributed by atoms with Gasteiger partial charge in [-0.2, -0.15) is 9.61 Å². The molecular weight excluding hydrogens is 396 g/mol. The van der Waals surface area contributed by atoms with E-state index in [1.165, 1.54) is 6.42 Å². The standard InChI is InChI=1S/C18H19BrN6O/c19-14-8-22-25-16(21-7-11-2-1-3-20-6-11)5-17(23-18(14)25)24-9-12-4-13(12)15(24)10-26/h1-3,5-6,8,12-13,15,21,26H,4,7,9-10H2/t12-,13-,15+/m0/s1. The van der Waals surface area contributed by atoms with Gasteiger partial charge in [-0.05, 0) is 45.8 Å². The van der Waals surface area contributed by atoms with E-state index in [9.17, 15) is 5.11 Å². The fraction of sp³-hybridized carbons (Fsp3) is 0.389. The molecule has 4 heterocycles. The maximum absolute atomic E-state index is 9.83. The Bertz CT molecular complexity index is 946. The highest BCUT2D eigenvalue weighted by molar-refractivity contribution is 9.10. The molecule has 2 fully saturated rings. The Kier molecular flexibility index (Phi) is 3.82. The largest absolute Gasteiger partial charge is 0.394 e. The smallest absolute Gasteiger partial charge is 0.173 e. The van der Waals surface area contributed by atoms with Crippen LogP contribution in [-0.4, -0.2) is 43.9 Å². The van der Waals surface area contributed by atoms with Crippen LogP contribution in [0.2, 0.25) is 0 Å². The third-order valence-electron chi connectivity index (χ3n) is 5.40. The number of hydrogen-bond acceptors (Lipinski definition) is 6. The van der Waals surface area contributed by atoms with E-state index in [2.05, 4.69) is 36.2 Å². The number of hydrogen-bond donors (Lipinski definition) is 2. The number of fused-ring (bicyclic) bond motifs is 2. The van der Waals surface area contributed by atoms with Crippen molar-refractivity contribution in [2.45, 2.75) is 19.0 Å². The van der Waals surface area contributed by atoms with Gasteiger partial charge in [0.15, 0.2) is 5.65 Å². The first-order chi connectivity index (χ1) is 12.7. The van der Waals surface area contributed by atoms with Gasteiger partial charge in [0.1, 0.15) is 11.6 Å². The molecule has 0 unspecified atom stereocenters. The van der Waals surface area contributed by atoms with Crippen LogP contribution in [0.5, 0.6) is 0 Å². The van der Waals surface area contributed by atoms with Crippen LogP contribution in [0, 0.1) is 11.8 Å². The number of nitrogens with one attached hydrogen (secondary N) is 1. The maximum Gasteiger partial charge on any atom is 0.173 e. The molecule has 1 aliphatic heterocycles. The molecule has 5 rings (SSSR count). The Morgan fingerprint density at radius 2 is 2.27 bits per heavy atom. The van der Waals surface area contributed by atoms with Crippen molar-refractivity contribution >= 4 is 33.2 Å². The SMILES string of the molecule is OC[C@@H]1[C@H]2C[C@H]2CN1c1cc(NCc2cccnc2)n2ncc(Br)c2n1. The van der Waals surface area contributed by atoms with Crippen LogP contribution in [0.15, 0.2) is 41.3 Å². The number of piperidine rings is 1. The van der Waals surface area contributed by atoms with Crippen LogP contribution in [0.4, 0.5) is 11.6 Å². The third kappa shape index (κ3) is 2.64. The maximum atomic E-state index is 9.83. The minimum absolute atomic E-state index is 0.169. The molecule has 3 aromatic heterocycles. The van der Waals surface area contributed by atoms with Gasteiger partial charge >= 0.3 is 0 Å². The Labute approximate surface area is 159 Å². The Morgan fingerprint density at radius 1 is 1.35 bits per heavy atom. The zero-order chi connectivity index (χ0) is 17.7. The second kappa shape index (κ2) is 6.21. The molecule has 2 aliphatic rings. The molecule has 3 aromatic rings. The quantitative estimate of drug-likeness (QED) is 0.666. The van der Waals surface area contributed by atoms with Crippen molar-refractivity contribution in [3.63, 3.8) is 0 Å². The van der Waals surface area contributed by atoms with E-state index in [-0.39, 0.29) is 12.6 Å². The number of nitrogens with zero attached hydrogens (tertiary/aromatic N) is 5. The van der Waals surface area contributed by atoms with E-state index in [4.69, 9.17) is 4.98 Å². The van der Waals surface area contributed by atoms with Gasteiger partial charge in [-0.15, -0.1) is 0 Å². The first kappa shape index (κ1) is 16.0. The van der Waals surface area contributed by atoms with Crippen molar-refractivity contribution in [1.29, 1.82) is 0 Å². The average Bonchev–Trinajstić information content (AvgIpc) is 3.19. The van der Waals surface area contributed by atoms with Crippen LogP contribution in [-0.2, 0) is 6.54 Å². The summed E-state index contributed by atoms with van der Waals surface area (Å²) in [5, 5.41) is 17.7. The van der Waals surface area contributed by atoms with Crippen LogP contribution in [0.25, 0.3) is 5.65 Å². The molecule has 0 radical (unpaired) electrons. The molecule has 2 N–H and O–H groups in total. The number of anilines is 2. The first-order valence-electron chi connectivity index (χ1n) is 8.79. The number of aliphatic hydroxyl groups excluding tert-OH is 1. The van der Waals surface area contributed by atoms with E-state index in [1.54, 1.807) is 16.9 Å². The van der Waals surface area contributed by atoms with Crippen LogP contribution in [0.3, 0.4) is 0 Å². The van der Waals surface area contributed by atoms with Gasteiger partial charge < -0.3 is 15.3 Å². The zero-order valence-electron chi connectivity index (χ0n) is 14.1. The van der Waals surface area contributed by atoms with Gasteiger partial charge in [0.25, 0.3) is 0 Å². The van der Waals surface area contributed by atoms with Gasteiger partial charge in [-0.3, -0.25) is 4.98 Å². The Morgan fingerprint density at radius 3 is 3.08 bits per heavy atom. The summed E-state index contributed by atoms with van der Waals surface area (Å²) in [6, 6.07) is 6.16. The molecule has 134 valence electrons.